The summed E-state index contributed by atoms with van der Waals surface area (Å²) in [6.45, 7) is 1.42. The van der Waals surface area contributed by atoms with Gasteiger partial charge in [-0.25, -0.2) is 9.78 Å². The summed E-state index contributed by atoms with van der Waals surface area (Å²) in [6, 6.07) is -0.435. The van der Waals surface area contributed by atoms with Gasteiger partial charge in [-0.2, -0.15) is 0 Å². The zero-order valence-corrected chi connectivity index (χ0v) is 12.0. The molecule has 0 atom stereocenters. The van der Waals surface area contributed by atoms with Gasteiger partial charge in [0.25, 0.3) is 5.91 Å². The van der Waals surface area contributed by atoms with Crippen LogP contribution in [0, 0.1) is 0 Å². The van der Waals surface area contributed by atoms with Crippen molar-refractivity contribution in [3.63, 3.8) is 0 Å². The summed E-state index contributed by atoms with van der Waals surface area (Å²) in [4.78, 5) is 40.9. The van der Waals surface area contributed by atoms with Crippen LogP contribution in [0.2, 0.25) is 0 Å². The molecule has 2 aliphatic heterocycles. The molecule has 3 N–H and O–H groups in total. The Bertz CT molecular complexity index is 565. The van der Waals surface area contributed by atoms with Crippen molar-refractivity contribution < 1.29 is 14.4 Å². The van der Waals surface area contributed by atoms with E-state index < -0.39 is 11.6 Å². The number of hydrogen-bond acceptors (Lipinski definition) is 6. The van der Waals surface area contributed by atoms with E-state index in [9.17, 15) is 14.4 Å². The highest BCUT2D eigenvalue weighted by Gasteiger charge is 2.47. The third kappa shape index (κ3) is 2.88. The normalized spacial score (nSPS) is 21.1. The van der Waals surface area contributed by atoms with Crippen LogP contribution in [0.15, 0.2) is 11.6 Å². The van der Waals surface area contributed by atoms with Crippen LogP contribution in [-0.4, -0.2) is 52.9 Å². The predicted molar refractivity (Wildman–Crippen MR) is 75.8 cm³/mol. The van der Waals surface area contributed by atoms with Gasteiger partial charge < -0.3 is 10.6 Å². The minimum Gasteiger partial charge on any atom is -0.323 e. The zero-order valence-electron chi connectivity index (χ0n) is 11.2. The maximum Gasteiger partial charge on any atom is 0.322 e. The van der Waals surface area contributed by atoms with Gasteiger partial charge >= 0.3 is 6.03 Å². The second-order valence-corrected chi connectivity index (χ2v) is 6.05. The Morgan fingerprint density at radius 2 is 2.19 bits per heavy atom. The minimum absolute atomic E-state index is 0.124. The summed E-state index contributed by atoms with van der Waals surface area (Å²) in [5.74, 6) is -0.389. The topological polar surface area (TPSA) is 103 Å². The van der Waals surface area contributed by atoms with E-state index in [-0.39, 0.29) is 18.4 Å². The van der Waals surface area contributed by atoms with Crippen molar-refractivity contribution in [1.29, 1.82) is 0 Å². The van der Waals surface area contributed by atoms with Gasteiger partial charge in [0, 0.05) is 24.7 Å². The van der Waals surface area contributed by atoms with Gasteiger partial charge in [0.05, 0.1) is 6.54 Å². The zero-order chi connectivity index (χ0) is 14.9. The Hall–Kier alpha value is -2.00. The van der Waals surface area contributed by atoms with Crippen LogP contribution < -0.4 is 16.0 Å². The molecule has 1 aromatic rings. The van der Waals surface area contributed by atoms with E-state index in [4.69, 9.17) is 0 Å². The van der Waals surface area contributed by atoms with Crippen LogP contribution in [0.4, 0.5) is 9.93 Å². The molecule has 2 saturated heterocycles. The van der Waals surface area contributed by atoms with Crippen LogP contribution in [-0.2, 0) is 9.59 Å². The second-order valence-electron chi connectivity index (χ2n) is 5.15. The molecular weight excluding hydrogens is 294 g/mol. The predicted octanol–water partition coefficient (Wildman–Crippen LogP) is -0.244. The molecule has 4 amide bonds. The number of nitrogens with zero attached hydrogens (tertiary/aromatic N) is 2. The standard InChI is InChI=1S/C12H15N5O3S/c18-8(14-11-13-3-6-21-11)7-17-4-1-12(2-5-17)9(19)15-10(20)16-12/h3,6H,1-2,4-5,7H2,(H,13,14,18)(H2,15,16,19,20). The molecule has 9 heteroatoms. The van der Waals surface area contributed by atoms with Crippen LogP contribution in [0.1, 0.15) is 12.8 Å². The third-order valence-corrected chi connectivity index (χ3v) is 4.46. The fourth-order valence-corrected chi connectivity index (χ4v) is 3.17. The van der Waals surface area contributed by atoms with E-state index >= 15 is 0 Å². The summed E-state index contributed by atoms with van der Waals surface area (Å²) in [7, 11) is 0. The number of carbonyl (C=O) groups is 3. The maximum atomic E-state index is 11.9. The number of nitrogens with one attached hydrogen (secondary N) is 3. The lowest BCUT2D eigenvalue weighted by Gasteiger charge is -2.36. The van der Waals surface area contributed by atoms with Crippen LogP contribution in [0.5, 0.6) is 0 Å². The van der Waals surface area contributed by atoms with Crippen LogP contribution in [0.25, 0.3) is 0 Å². The number of anilines is 1. The first-order valence-corrected chi connectivity index (χ1v) is 7.51. The lowest BCUT2D eigenvalue weighted by Crippen LogP contribution is -2.55. The average molecular weight is 309 g/mol. The van der Waals surface area contributed by atoms with Gasteiger partial charge in [-0.05, 0) is 12.8 Å². The highest BCUT2D eigenvalue weighted by atomic mass is 32.1. The molecule has 112 valence electrons. The number of rotatable bonds is 3. The molecule has 0 saturated carbocycles. The van der Waals surface area contributed by atoms with E-state index in [2.05, 4.69) is 20.9 Å². The fraction of sp³-hybridized carbons (Fsp3) is 0.500. The molecule has 2 fully saturated rings. The fourth-order valence-electron chi connectivity index (χ4n) is 2.62. The minimum atomic E-state index is -0.792. The second kappa shape index (κ2) is 5.41. The van der Waals surface area contributed by atoms with E-state index in [0.29, 0.717) is 31.1 Å². The first-order chi connectivity index (χ1) is 10.1. The first kappa shape index (κ1) is 14.0. The van der Waals surface area contributed by atoms with Gasteiger partial charge in [-0.3, -0.25) is 19.8 Å². The smallest absolute Gasteiger partial charge is 0.322 e. The molecule has 2 aliphatic rings. The molecule has 0 radical (unpaired) electrons. The van der Waals surface area contributed by atoms with Gasteiger partial charge in [0.1, 0.15) is 5.54 Å². The monoisotopic (exact) mass is 309 g/mol. The summed E-state index contributed by atoms with van der Waals surface area (Å²) in [5.41, 5.74) is -0.792. The number of imide groups is 1. The van der Waals surface area contributed by atoms with E-state index in [1.54, 1.807) is 11.6 Å². The highest BCUT2D eigenvalue weighted by molar-refractivity contribution is 7.13. The van der Waals surface area contributed by atoms with Crippen molar-refractivity contribution in [1.82, 2.24) is 20.5 Å². The summed E-state index contributed by atoms with van der Waals surface area (Å²) in [5, 5.41) is 10.1. The van der Waals surface area contributed by atoms with Crippen molar-refractivity contribution in [3.8, 4) is 0 Å². The number of hydrogen-bond donors (Lipinski definition) is 3. The van der Waals surface area contributed by atoms with Crippen molar-refractivity contribution in [2.24, 2.45) is 0 Å². The van der Waals surface area contributed by atoms with Gasteiger partial charge in [-0.15, -0.1) is 11.3 Å². The van der Waals surface area contributed by atoms with Crippen LogP contribution >= 0.6 is 11.3 Å². The number of thiazole rings is 1. The maximum absolute atomic E-state index is 11.9. The van der Waals surface area contributed by atoms with Crippen LogP contribution in [0.3, 0.4) is 0 Å². The molecule has 3 heterocycles. The number of carbonyl (C=O) groups excluding carboxylic acids is 3. The largest absolute Gasteiger partial charge is 0.323 e. The molecular formula is C12H15N5O3S. The van der Waals surface area contributed by atoms with E-state index in [1.807, 2.05) is 4.90 Å². The van der Waals surface area contributed by atoms with Gasteiger partial charge in [-0.1, -0.05) is 0 Å². The van der Waals surface area contributed by atoms with E-state index in [0.717, 1.165) is 0 Å². The molecule has 21 heavy (non-hydrogen) atoms. The van der Waals surface area contributed by atoms with E-state index in [1.165, 1.54) is 11.3 Å². The number of urea groups is 1. The summed E-state index contributed by atoms with van der Waals surface area (Å²) < 4.78 is 0. The molecule has 8 nitrogen and oxygen atoms in total. The molecule has 1 aromatic heterocycles. The Morgan fingerprint density at radius 1 is 1.43 bits per heavy atom. The third-order valence-electron chi connectivity index (χ3n) is 3.77. The number of piperidine rings is 1. The lowest BCUT2D eigenvalue weighted by atomic mass is 9.88. The Morgan fingerprint density at radius 3 is 2.76 bits per heavy atom. The molecule has 1 spiro atoms. The molecule has 0 aromatic carbocycles. The Kier molecular flexibility index (Phi) is 3.60. The SMILES string of the molecule is O=C(CN1CCC2(CC1)NC(=O)NC2=O)Nc1nccs1. The van der Waals surface area contributed by atoms with Gasteiger partial charge in [0.2, 0.25) is 5.91 Å². The molecule has 0 bridgehead atoms. The van der Waals surface area contributed by atoms with Crippen molar-refractivity contribution in [2.45, 2.75) is 18.4 Å². The molecule has 3 rings (SSSR count). The Labute approximate surface area is 124 Å². The summed E-state index contributed by atoms with van der Waals surface area (Å²) >= 11 is 1.37. The van der Waals surface area contributed by atoms with Crippen molar-refractivity contribution >= 4 is 34.3 Å². The number of aromatic nitrogens is 1. The van der Waals surface area contributed by atoms with Gasteiger partial charge in [0.15, 0.2) is 5.13 Å². The van der Waals surface area contributed by atoms with Crippen molar-refractivity contribution in [3.05, 3.63) is 11.6 Å². The average Bonchev–Trinajstić information content (AvgIpc) is 3.02. The Balaban J connectivity index is 1.51. The highest BCUT2D eigenvalue weighted by Crippen LogP contribution is 2.25. The van der Waals surface area contributed by atoms with Crippen molar-refractivity contribution in [2.75, 3.05) is 25.0 Å². The quantitative estimate of drug-likeness (QED) is 0.668. The molecule has 0 aliphatic carbocycles. The number of likely N-dealkylation sites (tertiary alicyclic amines) is 1. The summed E-state index contributed by atoms with van der Waals surface area (Å²) in [6.07, 6.45) is 2.65. The molecule has 0 unspecified atom stereocenters. The lowest BCUT2D eigenvalue weighted by molar-refractivity contribution is -0.125. The number of amides is 4. The first-order valence-electron chi connectivity index (χ1n) is 6.63.